The molecule has 0 aliphatic heterocycles. The zero-order chi connectivity index (χ0) is 20.0. The Morgan fingerprint density at radius 2 is 0.417 bits per heavy atom. The van der Waals surface area contributed by atoms with Gasteiger partial charge in [-0.05, 0) is 0 Å². The van der Waals surface area contributed by atoms with Crippen LogP contribution in [0.1, 0.15) is 0 Å². The van der Waals surface area contributed by atoms with Crippen LogP contribution in [0.3, 0.4) is 0 Å². The first-order chi connectivity index (χ1) is 10.0. The van der Waals surface area contributed by atoms with E-state index < -0.39 is 35.4 Å². The van der Waals surface area contributed by atoms with Crippen LogP contribution in [0.4, 0.5) is 0 Å². The molecule has 1 N–H and O–H groups in total. The molecule has 0 heterocycles. The summed E-state index contributed by atoms with van der Waals surface area (Å²) in [7, 11) is 0. The van der Waals surface area contributed by atoms with Crippen molar-refractivity contribution in [3.8, 4) is 0 Å². The lowest BCUT2D eigenvalue weighted by molar-refractivity contribution is 0.0674. The van der Waals surface area contributed by atoms with Crippen molar-refractivity contribution in [1.29, 1.82) is 0 Å². The van der Waals surface area contributed by atoms with Crippen LogP contribution in [-0.4, -0.2) is 40.5 Å². The van der Waals surface area contributed by atoms with Crippen LogP contribution in [0.5, 0.6) is 0 Å². The molecule has 0 atom stereocenters. The van der Waals surface area contributed by atoms with Crippen molar-refractivity contribution in [3.63, 3.8) is 0 Å². The van der Waals surface area contributed by atoms with Crippen molar-refractivity contribution in [2.24, 2.45) is 0 Å². The van der Waals surface area contributed by atoms with Crippen molar-refractivity contribution < 1.29 is 5.11 Å². The number of hydrogen-bond donors (Lipinski definition) is 1. The van der Waals surface area contributed by atoms with Crippen LogP contribution < -0.4 is 0 Å². The van der Waals surface area contributed by atoms with E-state index in [-0.39, 0.29) is 0 Å². The van der Waals surface area contributed by atoms with E-state index in [1.165, 1.54) is 0 Å². The van der Waals surface area contributed by atoms with Gasteiger partial charge in [0.15, 0.2) is 30.3 Å². The maximum Gasteiger partial charge on any atom is 0.211 e. The molecule has 1 aliphatic carbocycles. The quantitative estimate of drug-likeness (QED) is 0.264. The summed E-state index contributed by atoms with van der Waals surface area (Å²) in [5.74, 6) is 0. The molecule has 1 saturated carbocycles. The molecule has 24 heavy (non-hydrogen) atoms. The summed E-state index contributed by atoms with van der Waals surface area (Å²) >= 11 is 90.7. The third-order valence-electron chi connectivity index (χ3n) is 3.20. The molecule has 0 spiro atoms. The number of alkyl halides is 15. The minimum Gasteiger partial charge on any atom is -0.370 e. The molecule has 0 unspecified atom stereocenters. The lowest BCUT2D eigenvalue weighted by atomic mass is 9.92. The second kappa shape index (κ2) is 6.91. The highest BCUT2D eigenvalue weighted by Gasteiger charge is 2.88. The topological polar surface area (TPSA) is 20.2 Å². The molecule has 1 nitrogen and oxygen atoms in total. The fourth-order valence-corrected chi connectivity index (χ4v) is 7.19. The Labute approximate surface area is 212 Å². The van der Waals surface area contributed by atoms with Gasteiger partial charge in [0.1, 0.15) is 0 Å². The summed E-state index contributed by atoms with van der Waals surface area (Å²) in [6.45, 7) is 0. The van der Waals surface area contributed by atoms with E-state index in [4.69, 9.17) is 174 Å². The average molecular weight is 645 g/mol. The van der Waals surface area contributed by atoms with Gasteiger partial charge in [-0.2, -0.15) is 0 Å². The molecular formula is C8HCl15O. The SMILES string of the molecule is OC1(Cl)C(Cl)(Cl)C(Cl)(Cl)C(Cl)(Cl)C(Cl)(Cl)C(Cl)(Cl)C(Cl)(Cl)C1(Cl)Cl. The Kier molecular flexibility index (Phi) is 7.58. The highest BCUT2D eigenvalue weighted by atomic mass is 35.6. The molecule has 0 saturated heterocycles. The Bertz CT molecular complexity index is 356. The second-order valence-electron chi connectivity index (χ2n) is 4.64. The lowest BCUT2D eigenvalue weighted by Gasteiger charge is -2.61. The Morgan fingerprint density at radius 3 is 0.583 bits per heavy atom. The second-order valence-corrected chi connectivity index (χ2v) is 14.5. The van der Waals surface area contributed by atoms with Gasteiger partial charge in [0.2, 0.25) is 5.06 Å². The summed E-state index contributed by atoms with van der Waals surface area (Å²) in [6.07, 6.45) is 0. The van der Waals surface area contributed by atoms with E-state index in [0.29, 0.717) is 0 Å². The van der Waals surface area contributed by atoms with E-state index in [1.807, 2.05) is 0 Å². The maximum atomic E-state index is 10.6. The first-order valence-corrected chi connectivity index (χ1v) is 10.7. The zero-order valence-electron chi connectivity index (χ0n) is 10.1. The lowest BCUT2D eigenvalue weighted by Crippen LogP contribution is -2.79. The predicted molar refractivity (Wildman–Crippen MR) is 112 cm³/mol. The summed E-state index contributed by atoms with van der Waals surface area (Å²) in [5.41, 5.74) is 0. The molecule has 0 radical (unpaired) electrons. The third kappa shape index (κ3) is 2.89. The van der Waals surface area contributed by atoms with Gasteiger partial charge in [0.25, 0.3) is 0 Å². The highest BCUT2D eigenvalue weighted by molar-refractivity contribution is 6.81. The summed E-state index contributed by atoms with van der Waals surface area (Å²) < 4.78 is -20.3. The first kappa shape index (κ1) is 26.3. The number of halogens is 15. The molecule has 0 amide bonds. The molecule has 1 rings (SSSR count). The van der Waals surface area contributed by atoms with E-state index >= 15 is 0 Å². The summed E-state index contributed by atoms with van der Waals surface area (Å²) in [5, 5.41) is 7.36. The number of rotatable bonds is 0. The fourth-order valence-electron chi connectivity index (χ4n) is 1.60. The molecular weight excluding hydrogens is 644 g/mol. The van der Waals surface area contributed by atoms with E-state index in [0.717, 1.165) is 0 Å². The molecule has 1 aliphatic rings. The largest absolute Gasteiger partial charge is 0.370 e. The van der Waals surface area contributed by atoms with Crippen LogP contribution in [-0.2, 0) is 0 Å². The van der Waals surface area contributed by atoms with Crippen molar-refractivity contribution in [2.75, 3.05) is 0 Å². The third-order valence-corrected chi connectivity index (χ3v) is 14.4. The molecule has 0 aromatic heterocycles. The van der Waals surface area contributed by atoms with E-state index in [9.17, 15) is 5.11 Å². The smallest absolute Gasteiger partial charge is 0.211 e. The standard InChI is InChI=1S/C8HCl15O/c9-1(10)2(11,12)4(15,16)6(19,20)8(23,24)7(21,22)5(17,18)3(1,13)14/h24H. The normalized spacial score (nSPS) is 34.0. The van der Waals surface area contributed by atoms with Crippen LogP contribution in [0.15, 0.2) is 0 Å². The van der Waals surface area contributed by atoms with Crippen molar-refractivity contribution in [1.82, 2.24) is 0 Å². The van der Waals surface area contributed by atoms with Crippen molar-refractivity contribution in [3.05, 3.63) is 0 Å². The molecule has 0 aromatic rings. The van der Waals surface area contributed by atoms with E-state index in [1.54, 1.807) is 0 Å². The van der Waals surface area contributed by atoms with E-state index in [2.05, 4.69) is 0 Å². The summed E-state index contributed by atoms with van der Waals surface area (Å²) in [4.78, 5) is 0. The van der Waals surface area contributed by atoms with Crippen LogP contribution in [0, 0.1) is 0 Å². The van der Waals surface area contributed by atoms with Gasteiger partial charge in [-0.25, -0.2) is 0 Å². The van der Waals surface area contributed by atoms with Gasteiger partial charge in [0.05, 0.1) is 0 Å². The number of aliphatic hydroxyl groups is 1. The first-order valence-electron chi connectivity index (χ1n) is 5.06. The van der Waals surface area contributed by atoms with Crippen LogP contribution in [0.2, 0.25) is 0 Å². The van der Waals surface area contributed by atoms with Crippen molar-refractivity contribution >= 4 is 174 Å². The minimum atomic E-state index is -3.26. The van der Waals surface area contributed by atoms with Gasteiger partial charge in [-0.3, -0.25) is 0 Å². The Morgan fingerprint density at radius 1 is 0.292 bits per heavy atom. The van der Waals surface area contributed by atoms with Gasteiger partial charge < -0.3 is 5.11 Å². The van der Waals surface area contributed by atoms with Crippen molar-refractivity contribution in [2.45, 2.75) is 35.4 Å². The zero-order valence-corrected chi connectivity index (χ0v) is 21.5. The minimum absolute atomic E-state index is 2.84. The molecule has 144 valence electrons. The van der Waals surface area contributed by atoms with Gasteiger partial charge in [0, 0.05) is 0 Å². The highest BCUT2D eigenvalue weighted by Crippen LogP contribution is 2.77. The molecule has 16 heteroatoms. The molecule has 0 bridgehead atoms. The molecule has 0 aromatic carbocycles. The van der Waals surface area contributed by atoms with Gasteiger partial charge in [-0.15, -0.1) is 0 Å². The Hall–Kier alpha value is 4.31. The predicted octanol–water partition coefficient (Wildman–Crippen LogP) is 8.14. The Balaban J connectivity index is 4.09. The monoisotopic (exact) mass is 638 g/mol. The van der Waals surface area contributed by atoms with Gasteiger partial charge in [-0.1, -0.05) is 174 Å². The molecule has 1 fully saturated rings. The fraction of sp³-hybridized carbons (Fsp3) is 1.00. The van der Waals surface area contributed by atoms with Crippen LogP contribution >= 0.6 is 174 Å². The number of hydrogen-bond acceptors (Lipinski definition) is 1. The maximum absolute atomic E-state index is 10.6. The van der Waals surface area contributed by atoms with Crippen LogP contribution in [0.25, 0.3) is 0 Å². The summed E-state index contributed by atoms with van der Waals surface area (Å²) in [6, 6.07) is 0. The van der Waals surface area contributed by atoms with Gasteiger partial charge >= 0.3 is 0 Å². The average Bonchev–Trinajstić information content (AvgIpc) is 2.35.